The van der Waals surface area contributed by atoms with Gasteiger partial charge in [0, 0.05) is 21.8 Å². The van der Waals surface area contributed by atoms with E-state index in [0.717, 1.165) is 40.2 Å². The zero-order valence-corrected chi connectivity index (χ0v) is 28.3. The molecule has 1 atom stereocenters. The number of nitrogens with one attached hydrogen (secondary N) is 3. The van der Waals surface area contributed by atoms with Crippen molar-refractivity contribution in [3.8, 4) is 5.75 Å². The van der Waals surface area contributed by atoms with Crippen molar-refractivity contribution >= 4 is 46.9 Å². The molecule has 0 spiro atoms. The number of carbonyl (C=O) groups excluding carboxylic acids is 3. The molecule has 3 N–H and O–H groups in total. The van der Waals surface area contributed by atoms with E-state index in [0.29, 0.717) is 23.5 Å². The Hall–Kier alpha value is -5.60. The highest BCUT2D eigenvalue weighted by Gasteiger charge is 2.23. The molecule has 0 radical (unpaired) electrons. The summed E-state index contributed by atoms with van der Waals surface area (Å²) in [5.74, 6) is -0.294. The Balaban J connectivity index is 1.34. The fourth-order valence-electron chi connectivity index (χ4n) is 4.91. The van der Waals surface area contributed by atoms with Gasteiger partial charge in [-0.3, -0.25) is 14.4 Å². The molecule has 0 fully saturated rings. The molecule has 0 heterocycles. The first-order valence-electron chi connectivity index (χ1n) is 16.2. The number of hydrogen-bond acceptors (Lipinski definition) is 5. The van der Waals surface area contributed by atoms with Gasteiger partial charge in [-0.2, -0.15) is 0 Å². The number of rotatable bonds is 14. The molecule has 8 heteroatoms. The molecule has 5 aromatic rings. The minimum absolute atomic E-state index is 0.101. The maximum Gasteiger partial charge on any atom is 0.272 e. The molecule has 0 bridgehead atoms. The Bertz CT molecular complexity index is 1890. The van der Waals surface area contributed by atoms with Gasteiger partial charge in [0.05, 0.1) is 6.61 Å². The number of carbonyl (C=O) groups is 3. The van der Waals surface area contributed by atoms with Gasteiger partial charge in [-0.25, -0.2) is 0 Å². The van der Waals surface area contributed by atoms with Crippen LogP contribution in [0.5, 0.6) is 5.75 Å². The van der Waals surface area contributed by atoms with E-state index in [1.165, 1.54) is 11.8 Å². The maximum atomic E-state index is 13.7. The molecule has 248 valence electrons. The lowest BCUT2D eigenvalue weighted by Crippen LogP contribution is -2.30. The van der Waals surface area contributed by atoms with Crippen LogP contribution < -0.4 is 20.7 Å². The topological polar surface area (TPSA) is 96.5 Å². The normalized spacial score (nSPS) is 11.7. The second-order valence-electron chi connectivity index (χ2n) is 11.3. The van der Waals surface area contributed by atoms with Gasteiger partial charge >= 0.3 is 0 Å². The number of hydrogen-bond donors (Lipinski definition) is 3. The summed E-state index contributed by atoms with van der Waals surface area (Å²) < 4.78 is 5.76. The van der Waals surface area contributed by atoms with Crippen LogP contribution in [0.1, 0.15) is 52.1 Å². The molecule has 0 saturated heterocycles. The first-order valence-corrected chi connectivity index (χ1v) is 17.1. The summed E-state index contributed by atoms with van der Waals surface area (Å²) in [6, 6.07) is 40.6. The van der Waals surface area contributed by atoms with Crippen molar-refractivity contribution in [2.24, 2.45) is 0 Å². The Labute approximate surface area is 291 Å². The summed E-state index contributed by atoms with van der Waals surface area (Å²) in [4.78, 5) is 41.3. The van der Waals surface area contributed by atoms with E-state index >= 15 is 0 Å². The number of ether oxygens (including phenoxy) is 1. The molecule has 5 aromatic carbocycles. The number of thioether (sulfide) groups is 1. The van der Waals surface area contributed by atoms with Gasteiger partial charge in [-0.1, -0.05) is 92.2 Å². The second-order valence-corrected chi connectivity index (χ2v) is 12.5. The van der Waals surface area contributed by atoms with E-state index in [1.54, 1.807) is 36.4 Å². The summed E-state index contributed by atoms with van der Waals surface area (Å²) >= 11 is 1.38. The number of aryl methyl sites for hydroxylation is 1. The van der Waals surface area contributed by atoms with E-state index in [2.05, 4.69) is 22.9 Å². The first-order chi connectivity index (χ1) is 23.9. The average Bonchev–Trinajstić information content (AvgIpc) is 3.13. The SMILES string of the molecule is CCCCOc1ccc(NC(=O)C(Sc2cccc(NC(=O)/C(=C/c3ccccc3C)NC(=O)c3ccccc3)c2)c2ccccc2)cc1. The van der Waals surface area contributed by atoms with Crippen LogP contribution in [0.25, 0.3) is 6.08 Å². The minimum Gasteiger partial charge on any atom is -0.494 e. The van der Waals surface area contributed by atoms with Gasteiger partial charge in [-0.05, 0) is 90.7 Å². The van der Waals surface area contributed by atoms with Gasteiger partial charge in [0.2, 0.25) is 5.91 Å². The van der Waals surface area contributed by atoms with Crippen LogP contribution in [0.3, 0.4) is 0 Å². The zero-order chi connectivity index (χ0) is 34.4. The molecule has 0 aliphatic rings. The summed E-state index contributed by atoms with van der Waals surface area (Å²) in [6.45, 7) is 4.71. The molecule has 7 nitrogen and oxygen atoms in total. The summed E-state index contributed by atoms with van der Waals surface area (Å²) in [6.07, 6.45) is 3.71. The lowest BCUT2D eigenvalue weighted by atomic mass is 10.1. The Morgan fingerprint density at radius 1 is 0.755 bits per heavy atom. The third-order valence-corrected chi connectivity index (χ3v) is 8.84. The van der Waals surface area contributed by atoms with Crippen LogP contribution in [-0.4, -0.2) is 24.3 Å². The Morgan fingerprint density at radius 2 is 1.45 bits per heavy atom. The molecule has 1 unspecified atom stereocenters. The van der Waals surface area contributed by atoms with Crippen molar-refractivity contribution in [1.29, 1.82) is 0 Å². The van der Waals surface area contributed by atoms with Crippen LogP contribution >= 0.6 is 11.8 Å². The third-order valence-electron chi connectivity index (χ3n) is 7.59. The van der Waals surface area contributed by atoms with Gasteiger partial charge in [0.25, 0.3) is 11.8 Å². The van der Waals surface area contributed by atoms with E-state index in [9.17, 15) is 14.4 Å². The highest BCUT2D eigenvalue weighted by Crippen LogP contribution is 2.37. The van der Waals surface area contributed by atoms with Crippen molar-refractivity contribution in [3.63, 3.8) is 0 Å². The van der Waals surface area contributed by atoms with Crippen LogP contribution in [0.4, 0.5) is 11.4 Å². The number of anilines is 2. The first kappa shape index (κ1) is 34.7. The quantitative estimate of drug-likeness (QED) is 0.0623. The van der Waals surface area contributed by atoms with Crippen molar-refractivity contribution < 1.29 is 19.1 Å². The van der Waals surface area contributed by atoms with Crippen molar-refractivity contribution in [3.05, 3.63) is 161 Å². The van der Waals surface area contributed by atoms with E-state index in [4.69, 9.17) is 4.74 Å². The highest BCUT2D eigenvalue weighted by atomic mass is 32.2. The standard InChI is InChI=1S/C41H39N3O4S/c1-3-4-26-48-35-24-22-33(23-25-35)42-41(47)38(30-15-7-5-8-16-30)49-36-21-13-20-34(28-36)43-40(46)37(27-32-19-12-11-14-29(32)2)44-39(45)31-17-9-6-10-18-31/h5-25,27-28,38H,3-4,26H2,1-2H3,(H,42,47)(H,43,46)(H,44,45)/b37-27-. The summed E-state index contributed by atoms with van der Waals surface area (Å²) in [5.41, 5.74) is 4.33. The largest absolute Gasteiger partial charge is 0.494 e. The fraction of sp³-hybridized carbons (Fsp3) is 0.146. The third kappa shape index (κ3) is 10.2. The van der Waals surface area contributed by atoms with Gasteiger partial charge < -0.3 is 20.7 Å². The zero-order valence-electron chi connectivity index (χ0n) is 27.5. The molecule has 3 amide bonds. The maximum absolute atomic E-state index is 13.7. The van der Waals surface area contributed by atoms with Gasteiger partial charge in [0.15, 0.2) is 0 Å². The number of unbranched alkanes of at least 4 members (excludes halogenated alkanes) is 1. The molecule has 0 saturated carbocycles. The average molecular weight is 670 g/mol. The Morgan fingerprint density at radius 3 is 2.16 bits per heavy atom. The van der Waals surface area contributed by atoms with Crippen LogP contribution in [0.2, 0.25) is 0 Å². The monoisotopic (exact) mass is 669 g/mol. The fourth-order valence-corrected chi connectivity index (χ4v) is 5.99. The van der Waals surface area contributed by atoms with Crippen molar-refractivity contribution in [2.45, 2.75) is 36.8 Å². The van der Waals surface area contributed by atoms with E-state index in [1.807, 2.05) is 110 Å². The molecular weight excluding hydrogens is 631 g/mol. The predicted molar refractivity (Wildman–Crippen MR) is 199 cm³/mol. The molecule has 49 heavy (non-hydrogen) atoms. The predicted octanol–water partition coefficient (Wildman–Crippen LogP) is 9.06. The van der Waals surface area contributed by atoms with Crippen molar-refractivity contribution in [2.75, 3.05) is 17.2 Å². The number of amides is 3. The molecule has 5 rings (SSSR count). The second kappa shape index (κ2) is 17.5. The summed E-state index contributed by atoms with van der Waals surface area (Å²) in [5, 5.41) is 8.20. The molecular formula is C41H39N3O4S. The van der Waals surface area contributed by atoms with Crippen molar-refractivity contribution in [1.82, 2.24) is 5.32 Å². The van der Waals surface area contributed by atoms with Gasteiger partial charge in [-0.15, -0.1) is 11.8 Å². The van der Waals surface area contributed by atoms with Gasteiger partial charge in [0.1, 0.15) is 16.7 Å². The van der Waals surface area contributed by atoms with E-state index in [-0.39, 0.29) is 11.6 Å². The van der Waals surface area contributed by atoms with E-state index < -0.39 is 17.1 Å². The summed E-state index contributed by atoms with van der Waals surface area (Å²) in [7, 11) is 0. The molecule has 0 aliphatic heterocycles. The highest BCUT2D eigenvalue weighted by molar-refractivity contribution is 8.00. The van der Waals surface area contributed by atoms with Crippen LogP contribution in [0.15, 0.2) is 144 Å². The molecule has 0 aliphatic carbocycles. The Kier molecular flexibility index (Phi) is 12.4. The minimum atomic E-state index is -0.575. The molecule has 0 aromatic heterocycles. The van der Waals surface area contributed by atoms with Crippen LogP contribution in [0, 0.1) is 6.92 Å². The smallest absolute Gasteiger partial charge is 0.272 e. The number of benzene rings is 5. The lowest BCUT2D eigenvalue weighted by Gasteiger charge is -2.18. The van der Waals surface area contributed by atoms with Crippen LogP contribution in [-0.2, 0) is 9.59 Å². The lowest BCUT2D eigenvalue weighted by molar-refractivity contribution is -0.116.